The molecule has 1 fully saturated rings. The van der Waals surface area contributed by atoms with Crippen molar-refractivity contribution in [2.75, 3.05) is 43.5 Å². The molecule has 1 atom stereocenters. The molecular formula is C17H22N6O3. The number of amides is 2. The number of aromatic nitrogens is 3. The highest BCUT2D eigenvalue weighted by atomic mass is 16.5. The van der Waals surface area contributed by atoms with E-state index in [9.17, 15) is 9.59 Å². The maximum absolute atomic E-state index is 12.4. The van der Waals surface area contributed by atoms with Crippen LogP contribution in [0.15, 0.2) is 41.6 Å². The van der Waals surface area contributed by atoms with Crippen molar-refractivity contribution in [1.29, 1.82) is 0 Å². The summed E-state index contributed by atoms with van der Waals surface area (Å²) in [6.07, 6.45) is 4.61. The zero-order chi connectivity index (χ0) is 18.5. The van der Waals surface area contributed by atoms with E-state index in [1.54, 1.807) is 54.6 Å². The molecule has 9 nitrogen and oxygen atoms in total. The van der Waals surface area contributed by atoms with Crippen LogP contribution in [0.25, 0.3) is 0 Å². The van der Waals surface area contributed by atoms with Gasteiger partial charge in [-0.2, -0.15) is 0 Å². The van der Waals surface area contributed by atoms with Gasteiger partial charge in [-0.1, -0.05) is 6.07 Å². The number of pyridine rings is 1. The number of likely N-dealkylation sites (N-methyl/N-ethyl adjacent to an activating group) is 1. The van der Waals surface area contributed by atoms with Crippen LogP contribution in [0.4, 0.5) is 16.4 Å². The highest BCUT2D eigenvalue weighted by Gasteiger charge is 2.26. The van der Waals surface area contributed by atoms with Crippen molar-refractivity contribution in [3.63, 3.8) is 0 Å². The standard InChI is InChI=1S/C17H22N6O3/c1-21-8-7-19-15(16(21)24)22(2)11-13-12-23(9-10-26-13)17(25)20-14-5-3-4-6-18-14/h3-8,13H,9-12H2,1-2H3,(H,18,20,25). The highest BCUT2D eigenvalue weighted by molar-refractivity contribution is 5.88. The van der Waals surface area contributed by atoms with Crippen molar-refractivity contribution in [1.82, 2.24) is 19.4 Å². The van der Waals surface area contributed by atoms with Crippen LogP contribution >= 0.6 is 0 Å². The van der Waals surface area contributed by atoms with Gasteiger partial charge in [-0.25, -0.2) is 14.8 Å². The zero-order valence-electron chi connectivity index (χ0n) is 14.8. The van der Waals surface area contributed by atoms with E-state index >= 15 is 0 Å². The van der Waals surface area contributed by atoms with Gasteiger partial charge in [0.25, 0.3) is 5.56 Å². The summed E-state index contributed by atoms with van der Waals surface area (Å²) in [6.45, 7) is 1.83. The summed E-state index contributed by atoms with van der Waals surface area (Å²) < 4.78 is 7.23. The van der Waals surface area contributed by atoms with Gasteiger partial charge in [-0.05, 0) is 12.1 Å². The smallest absolute Gasteiger partial charge is 0.323 e. The number of hydrogen-bond donors (Lipinski definition) is 1. The van der Waals surface area contributed by atoms with Gasteiger partial charge >= 0.3 is 6.03 Å². The van der Waals surface area contributed by atoms with Gasteiger partial charge in [-0.15, -0.1) is 0 Å². The fraction of sp³-hybridized carbons (Fsp3) is 0.412. The Labute approximate surface area is 151 Å². The number of urea groups is 1. The van der Waals surface area contributed by atoms with Crippen molar-refractivity contribution in [2.24, 2.45) is 7.05 Å². The second kappa shape index (κ2) is 7.96. The first-order valence-corrected chi connectivity index (χ1v) is 8.36. The molecule has 0 bridgehead atoms. The topological polar surface area (TPSA) is 92.6 Å². The fourth-order valence-corrected chi connectivity index (χ4v) is 2.78. The molecule has 1 unspecified atom stereocenters. The fourth-order valence-electron chi connectivity index (χ4n) is 2.78. The summed E-state index contributed by atoms with van der Waals surface area (Å²) in [7, 11) is 3.47. The van der Waals surface area contributed by atoms with Gasteiger partial charge in [0.2, 0.25) is 0 Å². The molecule has 0 saturated carbocycles. The normalized spacial score (nSPS) is 17.0. The first kappa shape index (κ1) is 17.9. The molecule has 0 aromatic carbocycles. The van der Waals surface area contributed by atoms with E-state index in [-0.39, 0.29) is 17.7 Å². The lowest BCUT2D eigenvalue weighted by Crippen LogP contribution is -2.51. The number of anilines is 2. The van der Waals surface area contributed by atoms with Crippen LogP contribution < -0.4 is 15.8 Å². The largest absolute Gasteiger partial charge is 0.373 e. The van der Waals surface area contributed by atoms with Crippen LogP contribution in [-0.2, 0) is 11.8 Å². The van der Waals surface area contributed by atoms with Gasteiger partial charge in [0.15, 0.2) is 5.82 Å². The maximum atomic E-state index is 12.4. The van der Waals surface area contributed by atoms with Crippen molar-refractivity contribution in [3.8, 4) is 0 Å². The summed E-state index contributed by atoms with van der Waals surface area (Å²) >= 11 is 0. The van der Waals surface area contributed by atoms with E-state index in [2.05, 4.69) is 15.3 Å². The van der Waals surface area contributed by atoms with Crippen LogP contribution in [0, 0.1) is 0 Å². The van der Waals surface area contributed by atoms with E-state index < -0.39 is 0 Å². The molecule has 1 aliphatic heterocycles. The number of rotatable bonds is 4. The Morgan fingerprint density at radius 3 is 3.00 bits per heavy atom. The highest BCUT2D eigenvalue weighted by Crippen LogP contribution is 2.11. The summed E-state index contributed by atoms with van der Waals surface area (Å²) in [5, 5.41) is 2.77. The maximum Gasteiger partial charge on any atom is 0.323 e. The van der Waals surface area contributed by atoms with Gasteiger partial charge in [0.1, 0.15) is 5.82 Å². The number of carbonyl (C=O) groups excluding carboxylic acids is 1. The molecule has 9 heteroatoms. The molecule has 2 aromatic heterocycles. The summed E-state index contributed by atoms with van der Waals surface area (Å²) in [4.78, 5) is 36.3. The molecule has 26 heavy (non-hydrogen) atoms. The van der Waals surface area contributed by atoms with Crippen molar-refractivity contribution >= 4 is 17.7 Å². The zero-order valence-corrected chi connectivity index (χ0v) is 14.8. The van der Waals surface area contributed by atoms with Crippen molar-refractivity contribution < 1.29 is 9.53 Å². The van der Waals surface area contributed by atoms with Crippen LogP contribution in [0.3, 0.4) is 0 Å². The van der Waals surface area contributed by atoms with Crippen molar-refractivity contribution in [2.45, 2.75) is 6.10 Å². The minimum atomic E-state index is -0.214. The van der Waals surface area contributed by atoms with E-state index in [1.165, 1.54) is 4.57 Å². The SMILES string of the molecule is CN(CC1CN(C(=O)Nc2ccccn2)CCO1)c1nccn(C)c1=O. The molecular weight excluding hydrogens is 336 g/mol. The third-order valence-electron chi connectivity index (χ3n) is 4.16. The second-order valence-electron chi connectivity index (χ2n) is 6.13. The molecule has 0 radical (unpaired) electrons. The van der Waals surface area contributed by atoms with Gasteiger partial charge in [0.05, 0.1) is 19.3 Å². The third-order valence-corrected chi connectivity index (χ3v) is 4.16. The minimum absolute atomic E-state index is 0.171. The Morgan fingerprint density at radius 2 is 2.23 bits per heavy atom. The predicted octanol–water partition coefficient (Wildman–Crippen LogP) is 0.544. The van der Waals surface area contributed by atoms with Gasteiger partial charge in [0, 0.05) is 45.8 Å². The molecule has 2 amide bonds. The van der Waals surface area contributed by atoms with E-state index in [1.807, 2.05) is 6.07 Å². The average Bonchev–Trinajstić information content (AvgIpc) is 2.65. The lowest BCUT2D eigenvalue weighted by molar-refractivity contribution is -0.00716. The quantitative estimate of drug-likeness (QED) is 0.858. The first-order valence-electron chi connectivity index (χ1n) is 8.36. The van der Waals surface area contributed by atoms with Crippen LogP contribution in [-0.4, -0.2) is 64.9 Å². The molecule has 1 saturated heterocycles. The molecule has 1 aliphatic rings. The summed E-state index contributed by atoms with van der Waals surface area (Å²) in [6, 6.07) is 5.12. The number of carbonyl (C=O) groups is 1. The third kappa shape index (κ3) is 4.17. The van der Waals surface area contributed by atoms with E-state index in [0.717, 1.165) is 0 Å². The lowest BCUT2D eigenvalue weighted by Gasteiger charge is -2.34. The Bertz CT molecular complexity index is 810. The van der Waals surface area contributed by atoms with Crippen LogP contribution in [0.5, 0.6) is 0 Å². The number of nitrogens with zero attached hydrogens (tertiary/aromatic N) is 5. The molecule has 3 heterocycles. The number of morpholine rings is 1. The van der Waals surface area contributed by atoms with Crippen LogP contribution in [0.2, 0.25) is 0 Å². The van der Waals surface area contributed by atoms with Gasteiger partial charge in [-0.3, -0.25) is 10.1 Å². The second-order valence-corrected chi connectivity index (χ2v) is 6.13. The van der Waals surface area contributed by atoms with E-state index in [4.69, 9.17) is 4.74 Å². The Hall–Kier alpha value is -2.94. The monoisotopic (exact) mass is 358 g/mol. The molecule has 2 aromatic rings. The minimum Gasteiger partial charge on any atom is -0.373 e. The first-order chi connectivity index (χ1) is 12.5. The molecule has 0 spiro atoms. The van der Waals surface area contributed by atoms with Crippen LogP contribution in [0.1, 0.15) is 0 Å². The van der Waals surface area contributed by atoms with E-state index in [0.29, 0.717) is 37.9 Å². The lowest BCUT2D eigenvalue weighted by atomic mass is 10.2. The number of nitrogens with one attached hydrogen (secondary N) is 1. The molecule has 3 rings (SSSR count). The molecule has 138 valence electrons. The number of ether oxygens (including phenoxy) is 1. The predicted molar refractivity (Wildman–Crippen MR) is 97.3 cm³/mol. The molecule has 1 N–H and O–H groups in total. The average molecular weight is 358 g/mol. The Morgan fingerprint density at radius 1 is 1.38 bits per heavy atom. The van der Waals surface area contributed by atoms with Gasteiger partial charge < -0.3 is 19.1 Å². The Kier molecular flexibility index (Phi) is 5.47. The summed E-state index contributed by atoms with van der Waals surface area (Å²) in [5.41, 5.74) is -0.171. The van der Waals surface area contributed by atoms with Crippen molar-refractivity contribution in [3.05, 3.63) is 47.1 Å². The Balaban J connectivity index is 1.60. The summed E-state index contributed by atoms with van der Waals surface area (Å²) in [5.74, 6) is 0.864. The molecule has 0 aliphatic carbocycles. The number of hydrogen-bond acceptors (Lipinski definition) is 6. The number of aryl methyl sites for hydroxylation is 1.